The van der Waals surface area contributed by atoms with Gasteiger partial charge in [0, 0.05) is 5.56 Å². The van der Waals surface area contributed by atoms with Crippen LogP contribution in [0.4, 0.5) is 8.78 Å². The van der Waals surface area contributed by atoms with E-state index in [1.807, 2.05) is 32.3 Å². The first-order valence-electron chi connectivity index (χ1n) is 9.61. The molecule has 4 aromatic rings. The van der Waals surface area contributed by atoms with Crippen LogP contribution in [0.15, 0.2) is 67.0 Å². The third kappa shape index (κ3) is 4.61. The summed E-state index contributed by atoms with van der Waals surface area (Å²) in [5.41, 5.74) is 2.32. The van der Waals surface area contributed by atoms with Gasteiger partial charge in [0.2, 0.25) is 5.88 Å². The molecular formula is C22H21F2N5O2. The maximum Gasteiger partial charge on any atom is 0.387 e. The zero-order valence-corrected chi connectivity index (χ0v) is 17.0. The molecule has 2 aromatic carbocycles. The number of nitrogens with zero attached hydrogens (tertiary/aromatic N) is 5. The second kappa shape index (κ2) is 9.05. The van der Waals surface area contributed by atoms with E-state index in [0.717, 1.165) is 5.56 Å². The number of fused-ring (bicyclic) bond motifs is 1. The van der Waals surface area contributed by atoms with Gasteiger partial charge in [0.15, 0.2) is 11.5 Å². The largest absolute Gasteiger partial charge is 0.475 e. The number of halogens is 2. The number of ether oxygens (including phenoxy) is 2. The molecule has 1 unspecified atom stereocenters. The Morgan fingerprint density at radius 3 is 2.39 bits per heavy atom. The van der Waals surface area contributed by atoms with Crippen molar-refractivity contribution in [2.24, 2.45) is 0 Å². The minimum Gasteiger partial charge on any atom is -0.475 e. The molecule has 0 amide bonds. The Morgan fingerprint density at radius 1 is 0.968 bits per heavy atom. The third-order valence-corrected chi connectivity index (χ3v) is 4.82. The van der Waals surface area contributed by atoms with Gasteiger partial charge in [-0.25, -0.2) is 4.40 Å². The van der Waals surface area contributed by atoms with E-state index < -0.39 is 6.61 Å². The first kappa shape index (κ1) is 20.7. The van der Waals surface area contributed by atoms with Gasteiger partial charge in [0.1, 0.15) is 12.4 Å². The molecule has 7 nitrogen and oxygen atoms in total. The second-order valence-electron chi connectivity index (χ2n) is 7.07. The van der Waals surface area contributed by atoms with E-state index in [9.17, 15) is 8.78 Å². The van der Waals surface area contributed by atoms with E-state index >= 15 is 0 Å². The highest BCUT2D eigenvalue weighted by Crippen LogP contribution is 2.26. The molecule has 1 atom stereocenters. The lowest BCUT2D eigenvalue weighted by molar-refractivity contribution is -0.0498. The van der Waals surface area contributed by atoms with Crippen molar-refractivity contribution in [3.8, 4) is 23.0 Å². The molecule has 31 heavy (non-hydrogen) atoms. The Morgan fingerprint density at radius 2 is 1.71 bits per heavy atom. The lowest BCUT2D eigenvalue weighted by Gasteiger charge is -2.25. The van der Waals surface area contributed by atoms with Crippen molar-refractivity contribution in [2.75, 3.05) is 20.7 Å². The molecule has 0 saturated heterocycles. The summed E-state index contributed by atoms with van der Waals surface area (Å²) in [6.45, 7) is -2.49. The van der Waals surface area contributed by atoms with E-state index in [1.54, 1.807) is 28.9 Å². The van der Waals surface area contributed by atoms with E-state index in [2.05, 4.69) is 37.0 Å². The van der Waals surface area contributed by atoms with Crippen molar-refractivity contribution in [3.05, 3.63) is 72.6 Å². The van der Waals surface area contributed by atoms with Crippen molar-refractivity contribution >= 4 is 5.65 Å². The Bertz CT molecular complexity index is 1130. The van der Waals surface area contributed by atoms with Crippen molar-refractivity contribution < 1.29 is 18.3 Å². The van der Waals surface area contributed by atoms with Crippen LogP contribution in [0.5, 0.6) is 11.6 Å². The van der Waals surface area contributed by atoms with Crippen molar-refractivity contribution in [1.82, 2.24) is 24.5 Å². The fraction of sp³-hybridized carbons (Fsp3) is 0.227. The monoisotopic (exact) mass is 425 g/mol. The summed E-state index contributed by atoms with van der Waals surface area (Å²) < 4.78 is 37.1. The molecule has 2 heterocycles. The lowest BCUT2D eigenvalue weighted by atomic mass is 10.1. The van der Waals surface area contributed by atoms with E-state index in [1.165, 1.54) is 12.1 Å². The summed E-state index contributed by atoms with van der Waals surface area (Å²) in [5, 5.41) is 8.39. The highest BCUT2D eigenvalue weighted by Gasteiger charge is 2.18. The number of aromatic nitrogens is 4. The zero-order valence-electron chi connectivity index (χ0n) is 17.0. The number of alkyl halides is 2. The highest BCUT2D eigenvalue weighted by molar-refractivity contribution is 5.61. The van der Waals surface area contributed by atoms with Crippen LogP contribution in [0.3, 0.4) is 0 Å². The Kier molecular flexibility index (Phi) is 6.03. The fourth-order valence-electron chi connectivity index (χ4n) is 3.28. The normalized spacial score (nSPS) is 12.5. The van der Waals surface area contributed by atoms with Gasteiger partial charge in [-0.3, -0.25) is 9.88 Å². The SMILES string of the molecule is CN(C)C(COc1cncc2nnc(-c3ccc(OC(F)F)cc3)n12)c1ccccc1. The third-order valence-electron chi connectivity index (χ3n) is 4.82. The molecule has 4 rings (SSSR count). The van der Waals surface area contributed by atoms with Gasteiger partial charge in [0.05, 0.1) is 18.4 Å². The summed E-state index contributed by atoms with van der Waals surface area (Å²) in [5.74, 6) is 1.06. The van der Waals surface area contributed by atoms with E-state index in [0.29, 0.717) is 29.5 Å². The van der Waals surface area contributed by atoms with Gasteiger partial charge in [-0.15, -0.1) is 10.2 Å². The maximum atomic E-state index is 12.4. The van der Waals surface area contributed by atoms with Gasteiger partial charge in [-0.1, -0.05) is 30.3 Å². The molecule has 0 N–H and O–H groups in total. The Hall–Kier alpha value is -3.59. The topological polar surface area (TPSA) is 64.8 Å². The summed E-state index contributed by atoms with van der Waals surface area (Å²) >= 11 is 0. The van der Waals surface area contributed by atoms with Crippen molar-refractivity contribution in [1.29, 1.82) is 0 Å². The van der Waals surface area contributed by atoms with Crippen molar-refractivity contribution in [2.45, 2.75) is 12.7 Å². The molecule has 0 bridgehead atoms. The maximum absolute atomic E-state index is 12.4. The van der Waals surface area contributed by atoms with E-state index in [-0.39, 0.29) is 11.8 Å². The molecular weight excluding hydrogens is 404 g/mol. The van der Waals surface area contributed by atoms with Gasteiger partial charge in [0.25, 0.3) is 0 Å². The molecule has 2 aromatic heterocycles. The summed E-state index contributed by atoms with van der Waals surface area (Å²) in [7, 11) is 3.99. The molecule has 9 heteroatoms. The quantitative estimate of drug-likeness (QED) is 0.424. The van der Waals surface area contributed by atoms with Crippen LogP contribution in [-0.4, -0.2) is 51.8 Å². The van der Waals surface area contributed by atoms with Crippen LogP contribution in [0.2, 0.25) is 0 Å². The summed E-state index contributed by atoms with van der Waals surface area (Å²) in [6, 6.07) is 16.3. The molecule has 0 aliphatic heterocycles. The highest BCUT2D eigenvalue weighted by atomic mass is 19.3. The number of hydrogen-bond acceptors (Lipinski definition) is 6. The van der Waals surface area contributed by atoms with Gasteiger partial charge < -0.3 is 9.47 Å². The Labute approximate surface area is 177 Å². The van der Waals surface area contributed by atoms with Crippen LogP contribution in [0, 0.1) is 0 Å². The van der Waals surface area contributed by atoms with Crippen LogP contribution in [0.1, 0.15) is 11.6 Å². The molecule has 0 fully saturated rings. The average Bonchev–Trinajstić information content (AvgIpc) is 3.19. The van der Waals surface area contributed by atoms with Crippen LogP contribution >= 0.6 is 0 Å². The fourth-order valence-corrected chi connectivity index (χ4v) is 3.28. The standard InChI is InChI=1S/C22H21F2N5O2/c1-28(2)18(15-6-4-3-5-7-15)14-30-20-13-25-12-19-26-27-21(29(19)20)16-8-10-17(11-9-16)31-22(23)24/h3-13,18,22H,14H2,1-2H3. The molecule has 0 radical (unpaired) electrons. The zero-order chi connectivity index (χ0) is 21.8. The van der Waals surface area contributed by atoms with Gasteiger partial charge >= 0.3 is 6.61 Å². The predicted octanol–water partition coefficient (Wildman–Crippen LogP) is 4.07. The van der Waals surface area contributed by atoms with Crippen LogP contribution in [0.25, 0.3) is 17.0 Å². The smallest absolute Gasteiger partial charge is 0.387 e. The van der Waals surface area contributed by atoms with Crippen LogP contribution in [-0.2, 0) is 0 Å². The van der Waals surface area contributed by atoms with Crippen molar-refractivity contribution in [3.63, 3.8) is 0 Å². The summed E-state index contributed by atoms with van der Waals surface area (Å²) in [6.07, 6.45) is 3.18. The molecule has 0 saturated carbocycles. The first-order valence-corrected chi connectivity index (χ1v) is 9.61. The molecule has 0 aliphatic carbocycles. The van der Waals surface area contributed by atoms with E-state index in [4.69, 9.17) is 4.74 Å². The summed E-state index contributed by atoms with van der Waals surface area (Å²) in [4.78, 5) is 6.28. The minimum absolute atomic E-state index is 0.0298. The number of rotatable bonds is 8. The molecule has 0 aliphatic rings. The lowest BCUT2D eigenvalue weighted by Crippen LogP contribution is -2.26. The number of hydrogen-bond donors (Lipinski definition) is 0. The molecule has 0 spiro atoms. The van der Waals surface area contributed by atoms with Gasteiger partial charge in [-0.2, -0.15) is 8.78 Å². The number of likely N-dealkylation sites (N-methyl/N-ethyl adjacent to an activating group) is 1. The van der Waals surface area contributed by atoms with Gasteiger partial charge in [-0.05, 0) is 43.9 Å². The molecule has 160 valence electrons. The Balaban J connectivity index is 1.63. The first-order chi connectivity index (χ1) is 15.0. The number of benzene rings is 2. The second-order valence-corrected chi connectivity index (χ2v) is 7.07. The minimum atomic E-state index is -2.87. The average molecular weight is 425 g/mol. The van der Waals surface area contributed by atoms with Crippen LogP contribution < -0.4 is 9.47 Å². The predicted molar refractivity (Wildman–Crippen MR) is 111 cm³/mol.